The minimum atomic E-state index is -0.432. The lowest BCUT2D eigenvalue weighted by Crippen LogP contribution is -2.37. The Labute approximate surface area is 118 Å². The summed E-state index contributed by atoms with van der Waals surface area (Å²) in [6.45, 7) is 0.430. The molecular weight excluding hydrogens is 274 g/mol. The summed E-state index contributed by atoms with van der Waals surface area (Å²) < 4.78 is 7.53. The summed E-state index contributed by atoms with van der Waals surface area (Å²) in [5, 5.41) is 11.3. The second-order valence-corrected chi connectivity index (χ2v) is 4.61. The number of hydrogen-bond donors (Lipinski definition) is 1. The van der Waals surface area contributed by atoms with Crippen molar-refractivity contribution in [3.63, 3.8) is 0 Å². The molecule has 0 atom stereocenters. The Morgan fingerprint density at radius 1 is 1.24 bits per heavy atom. The van der Waals surface area contributed by atoms with Crippen LogP contribution in [0.5, 0.6) is 0 Å². The summed E-state index contributed by atoms with van der Waals surface area (Å²) in [6.07, 6.45) is 1.58. The van der Waals surface area contributed by atoms with Crippen molar-refractivity contribution in [1.82, 2.24) is 19.3 Å². The molecule has 0 unspecified atom stereocenters. The van der Waals surface area contributed by atoms with Crippen LogP contribution in [0, 0.1) is 0 Å². The molecule has 0 radical (unpaired) electrons. The van der Waals surface area contributed by atoms with Gasteiger partial charge in [-0.2, -0.15) is 0 Å². The van der Waals surface area contributed by atoms with Gasteiger partial charge in [-0.3, -0.25) is 13.9 Å². The molecule has 3 rings (SSSR count). The van der Waals surface area contributed by atoms with E-state index in [1.165, 1.54) is 11.6 Å². The van der Waals surface area contributed by atoms with Crippen molar-refractivity contribution in [1.29, 1.82) is 0 Å². The highest BCUT2D eigenvalue weighted by molar-refractivity contribution is 5.75. The van der Waals surface area contributed by atoms with Gasteiger partial charge in [0, 0.05) is 14.1 Å². The van der Waals surface area contributed by atoms with Crippen molar-refractivity contribution in [3.05, 3.63) is 51.1 Å². The molecule has 0 spiro atoms. The maximum Gasteiger partial charge on any atom is 0.332 e. The second-order valence-electron chi connectivity index (χ2n) is 4.61. The fourth-order valence-electron chi connectivity index (χ4n) is 2.05. The van der Waals surface area contributed by atoms with Gasteiger partial charge in [-0.15, -0.1) is 10.2 Å². The Morgan fingerprint density at radius 3 is 2.76 bits per heavy atom. The molecule has 1 N–H and O–H groups in total. The number of fused-ring (bicyclic) bond motifs is 1. The molecule has 3 heterocycles. The second kappa shape index (κ2) is 4.89. The molecule has 3 aromatic rings. The molecule has 0 aliphatic carbocycles. The molecule has 0 bridgehead atoms. The van der Waals surface area contributed by atoms with Crippen molar-refractivity contribution < 1.29 is 4.42 Å². The van der Waals surface area contributed by atoms with E-state index in [1.807, 2.05) is 6.07 Å². The summed E-state index contributed by atoms with van der Waals surface area (Å²) in [6, 6.07) is 5.19. The van der Waals surface area contributed by atoms with E-state index in [1.54, 1.807) is 25.4 Å². The first-order valence-electron chi connectivity index (χ1n) is 6.27. The van der Waals surface area contributed by atoms with Crippen molar-refractivity contribution in [3.8, 4) is 0 Å². The van der Waals surface area contributed by atoms with Crippen LogP contribution in [-0.4, -0.2) is 19.3 Å². The van der Waals surface area contributed by atoms with E-state index < -0.39 is 11.2 Å². The first-order chi connectivity index (χ1) is 10.1. The summed E-state index contributed by atoms with van der Waals surface area (Å²) in [5.41, 5.74) is -0.575. The van der Waals surface area contributed by atoms with Gasteiger partial charge in [-0.1, -0.05) is 0 Å². The van der Waals surface area contributed by atoms with Gasteiger partial charge in [0.05, 0.1) is 18.2 Å². The molecule has 3 aromatic heterocycles. The Hall–Kier alpha value is -2.90. The topological polar surface area (TPSA) is 94.9 Å². The van der Waals surface area contributed by atoms with Crippen molar-refractivity contribution in [2.24, 2.45) is 14.1 Å². The lowest BCUT2D eigenvalue weighted by Gasteiger charge is -2.07. The molecule has 0 saturated heterocycles. The minimum absolute atomic E-state index is 0.256. The Bertz CT molecular complexity index is 908. The average molecular weight is 287 g/mol. The van der Waals surface area contributed by atoms with Crippen LogP contribution < -0.4 is 16.6 Å². The Morgan fingerprint density at radius 2 is 2.05 bits per heavy atom. The van der Waals surface area contributed by atoms with Crippen LogP contribution in [0.15, 0.2) is 38.5 Å². The number of aromatic nitrogens is 4. The van der Waals surface area contributed by atoms with E-state index in [4.69, 9.17) is 4.42 Å². The number of rotatable bonds is 3. The molecule has 0 aliphatic rings. The lowest BCUT2D eigenvalue weighted by molar-refractivity contribution is 0.517. The van der Waals surface area contributed by atoms with Crippen molar-refractivity contribution >= 4 is 16.9 Å². The Kier molecular flexibility index (Phi) is 3.05. The molecule has 21 heavy (non-hydrogen) atoms. The van der Waals surface area contributed by atoms with Crippen LogP contribution in [0.25, 0.3) is 11.0 Å². The highest BCUT2D eigenvalue weighted by atomic mass is 16.3. The predicted octanol–water partition coefficient (Wildman–Crippen LogP) is 0.232. The highest BCUT2D eigenvalue weighted by Crippen LogP contribution is 2.10. The molecular formula is C13H13N5O3. The van der Waals surface area contributed by atoms with Gasteiger partial charge in [0.15, 0.2) is 5.65 Å². The number of furan rings is 1. The highest BCUT2D eigenvalue weighted by Gasteiger charge is 2.11. The summed E-state index contributed by atoms with van der Waals surface area (Å²) in [5.74, 6) is 1.18. The average Bonchev–Trinajstić information content (AvgIpc) is 3.02. The van der Waals surface area contributed by atoms with E-state index in [-0.39, 0.29) is 5.65 Å². The maximum atomic E-state index is 12.1. The molecule has 0 aliphatic heterocycles. The summed E-state index contributed by atoms with van der Waals surface area (Å²) in [4.78, 5) is 23.9. The van der Waals surface area contributed by atoms with Gasteiger partial charge in [0.25, 0.3) is 5.56 Å². The lowest BCUT2D eigenvalue weighted by atomic mass is 10.3. The molecule has 8 nitrogen and oxygen atoms in total. The molecule has 0 aromatic carbocycles. The summed E-state index contributed by atoms with van der Waals surface area (Å²) in [7, 11) is 2.98. The van der Waals surface area contributed by atoms with Crippen LogP contribution in [-0.2, 0) is 20.6 Å². The molecule has 0 saturated carbocycles. The Balaban J connectivity index is 2.04. The third-order valence-corrected chi connectivity index (χ3v) is 3.22. The van der Waals surface area contributed by atoms with E-state index in [9.17, 15) is 9.59 Å². The van der Waals surface area contributed by atoms with E-state index in [2.05, 4.69) is 15.5 Å². The largest absolute Gasteiger partial charge is 0.467 e. The molecule has 0 fully saturated rings. The van der Waals surface area contributed by atoms with Crippen LogP contribution >= 0.6 is 0 Å². The zero-order valence-corrected chi connectivity index (χ0v) is 11.5. The van der Waals surface area contributed by atoms with Crippen LogP contribution in [0.2, 0.25) is 0 Å². The smallest absolute Gasteiger partial charge is 0.332 e. The zero-order chi connectivity index (χ0) is 15.0. The number of hydrogen-bond acceptors (Lipinski definition) is 6. The first-order valence-corrected chi connectivity index (χ1v) is 6.27. The van der Waals surface area contributed by atoms with Gasteiger partial charge < -0.3 is 9.73 Å². The van der Waals surface area contributed by atoms with Gasteiger partial charge in [0.2, 0.25) is 0 Å². The van der Waals surface area contributed by atoms with Crippen molar-refractivity contribution in [2.75, 3.05) is 5.32 Å². The van der Waals surface area contributed by atoms with Crippen molar-refractivity contribution in [2.45, 2.75) is 6.54 Å². The van der Waals surface area contributed by atoms with Gasteiger partial charge in [-0.05, 0) is 18.2 Å². The SMILES string of the molecule is Cn1c(=O)c2cc(NCc3ccco3)nnc2n(C)c1=O. The molecule has 8 heteroatoms. The van der Waals surface area contributed by atoms with Crippen LogP contribution in [0.4, 0.5) is 5.82 Å². The maximum absolute atomic E-state index is 12.1. The third kappa shape index (κ3) is 2.20. The van der Waals surface area contributed by atoms with E-state index >= 15 is 0 Å². The fraction of sp³-hybridized carbons (Fsp3) is 0.231. The van der Waals surface area contributed by atoms with Gasteiger partial charge >= 0.3 is 5.69 Å². The molecule has 108 valence electrons. The monoisotopic (exact) mass is 287 g/mol. The standard InChI is InChI=1S/C13H13N5O3/c1-17-11-9(12(19)18(2)13(17)20)6-10(15-16-11)14-7-8-4-3-5-21-8/h3-6H,7H2,1-2H3,(H,14,15). The van der Waals surface area contributed by atoms with Crippen LogP contribution in [0.3, 0.4) is 0 Å². The predicted molar refractivity (Wildman–Crippen MR) is 76.1 cm³/mol. The number of nitrogens with one attached hydrogen (secondary N) is 1. The van der Waals surface area contributed by atoms with E-state index in [0.717, 1.165) is 10.3 Å². The number of aryl methyl sites for hydroxylation is 1. The molecule has 0 amide bonds. The first kappa shape index (κ1) is 13.1. The van der Waals surface area contributed by atoms with Crippen LogP contribution in [0.1, 0.15) is 5.76 Å². The number of nitrogens with zero attached hydrogens (tertiary/aromatic N) is 4. The summed E-state index contributed by atoms with van der Waals surface area (Å²) >= 11 is 0. The number of anilines is 1. The van der Waals surface area contributed by atoms with Gasteiger partial charge in [0.1, 0.15) is 11.6 Å². The quantitative estimate of drug-likeness (QED) is 0.741. The van der Waals surface area contributed by atoms with Gasteiger partial charge in [-0.25, -0.2) is 4.79 Å². The normalized spacial score (nSPS) is 11.0. The zero-order valence-electron chi connectivity index (χ0n) is 11.5. The third-order valence-electron chi connectivity index (χ3n) is 3.22. The van der Waals surface area contributed by atoms with E-state index in [0.29, 0.717) is 17.7 Å². The minimum Gasteiger partial charge on any atom is -0.467 e. The fourth-order valence-corrected chi connectivity index (χ4v) is 2.05.